The van der Waals surface area contributed by atoms with Crippen LogP contribution in [-0.4, -0.2) is 25.9 Å². The van der Waals surface area contributed by atoms with Crippen LogP contribution in [0.4, 0.5) is 0 Å². The first-order valence-electron chi connectivity index (χ1n) is 5.45. The van der Waals surface area contributed by atoms with Crippen molar-refractivity contribution in [2.45, 2.75) is 13.3 Å². The normalized spacial score (nSPS) is 11.4. The fourth-order valence-corrected chi connectivity index (χ4v) is 1.92. The molecule has 3 heterocycles. The standard InChI is InChI=1S/C11H13N5O/c1-7-10(17-6-14-7)9-5-16-8(2-3-12)4-13-11(16)15-9/h4-6H,2-3,12H2,1H3,(H,13,15). The number of hydrogen-bond acceptors (Lipinski definition) is 4. The maximum Gasteiger partial charge on any atom is 0.211 e. The summed E-state index contributed by atoms with van der Waals surface area (Å²) < 4.78 is 7.33. The van der Waals surface area contributed by atoms with E-state index in [0.29, 0.717) is 6.54 Å². The molecule has 0 atom stereocenters. The smallest absolute Gasteiger partial charge is 0.211 e. The van der Waals surface area contributed by atoms with E-state index < -0.39 is 0 Å². The van der Waals surface area contributed by atoms with Crippen LogP contribution < -0.4 is 5.73 Å². The zero-order valence-electron chi connectivity index (χ0n) is 9.47. The molecule has 0 radical (unpaired) electrons. The van der Waals surface area contributed by atoms with Crippen LogP contribution in [0.15, 0.2) is 23.2 Å². The van der Waals surface area contributed by atoms with Gasteiger partial charge in [0, 0.05) is 18.3 Å². The molecule has 0 amide bonds. The van der Waals surface area contributed by atoms with E-state index in [1.54, 1.807) is 0 Å². The highest BCUT2D eigenvalue weighted by atomic mass is 16.3. The maximum absolute atomic E-state index is 5.56. The van der Waals surface area contributed by atoms with Crippen molar-refractivity contribution in [1.82, 2.24) is 19.4 Å². The summed E-state index contributed by atoms with van der Waals surface area (Å²) in [6, 6.07) is 0. The number of aryl methyl sites for hydroxylation is 1. The van der Waals surface area contributed by atoms with Gasteiger partial charge in [0.2, 0.25) is 5.78 Å². The molecule has 0 aromatic carbocycles. The minimum absolute atomic E-state index is 0.607. The summed E-state index contributed by atoms with van der Waals surface area (Å²) in [5.41, 5.74) is 8.37. The first kappa shape index (κ1) is 10.1. The number of H-pyrrole nitrogens is 1. The van der Waals surface area contributed by atoms with Crippen molar-refractivity contribution in [2.75, 3.05) is 6.54 Å². The molecule has 0 aliphatic heterocycles. The highest BCUT2D eigenvalue weighted by molar-refractivity contribution is 5.57. The van der Waals surface area contributed by atoms with Crippen LogP contribution in [0.3, 0.4) is 0 Å². The van der Waals surface area contributed by atoms with Gasteiger partial charge in [-0.3, -0.25) is 4.40 Å². The molecule has 0 spiro atoms. The summed E-state index contributed by atoms with van der Waals surface area (Å²) in [6.07, 6.45) is 6.03. The van der Waals surface area contributed by atoms with Crippen LogP contribution in [-0.2, 0) is 6.42 Å². The second-order valence-electron chi connectivity index (χ2n) is 3.92. The van der Waals surface area contributed by atoms with Gasteiger partial charge in [0.25, 0.3) is 0 Å². The second kappa shape index (κ2) is 3.74. The predicted octanol–water partition coefficient (Wildman–Crippen LogP) is 1.13. The Hall–Kier alpha value is -2.08. The molecule has 3 rings (SSSR count). The number of nitrogens with zero attached hydrogens (tertiary/aromatic N) is 3. The van der Waals surface area contributed by atoms with Gasteiger partial charge in [-0.1, -0.05) is 0 Å². The molecule has 6 nitrogen and oxygen atoms in total. The van der Waals surface area contributed by atoms with Crippen molar-refractivity contribution in [1.29, 1.82) is 0 Å². The number of fused-ring (bicyclic) bond motifs is 1. The summed E-state index contributed by atoms with van der Waals surface area (Å²) >= 11 is 0. The van der Waals surface area contributed by atoms with Gasteiger partial charge in [-0.25, -0.2) is 9.97 Å². The number of aromatic nitrogens is 4. The zero-order valence-corrected chi connectivity index (χ0v) is 9.47. The van der Waals surface area contributed by atoms with Crippen molar-refractivity contribution in [2.24, 2.45) is 5.73 Å². The van der Waals surface area contributed by atoms with Crippen molar-refractivity contribution in [3.8, 4) is 11.5 Å². The highest BCUT2D eigenvalue weighted by Crippen LogP contribution is 2.22. The predicted molar refractivity (Wildman–Crippen MR) is 62.5 cm³/mol. The van der Waals surface area contributed by atoms with Gasteiger partial charge in [0.1, 0.15) is 5.69 Å². The van der Waals surface area contributed by atoms with Gasteiger partial charge in [0.15, 0.2) is 12.2 Å². The minimum atomic E-state index is 0.607. The Morgan fingerprint density at radius 3 is 3.06 bits per heavy atom. The number of hydrogen-bond donors (Lipinski definition) is 2. The third kappa shape index (κ3) is 1.53. The lowest BCUT2D eigenvalue weighted by molar-refractivity contribution is 0.569. The number of oxazole rings is 1. The molecule has 0 aliphatic rings. The number of nitrogens with one attached hydrogen (secondary N) is 1. The van der Waals surface area contributed by atoms with Crippen LogP contribution >= 0.6 is 0 Å². The Labute approximate surface area is 97.5 Å². The van der Waals surface area contributed by atoms with E-state index in [9.17, 15) is 0 Å². The Balaban J connectivity index is 2.11. The van der Waals surface area contributed by atoms with E-state index in [4.69, 9.17) is 10.2 Å². The van der Waals surface area contributed by atoms with E-state index in [1.165, 1.54) is 6.39 Å². The summed E-state index contributed by atoms with van der Waals surface area (Å²) in [7, 11) is 0. The molecule has 3 N–H and O–H groups in total. The SMILES string of the molecule is Cc1ncoc1-c1cn2c(CCN)cnc2[nH]1. The Morgan fingerprint density at radius 1 is 1.47 bits per heavy atom. The zero-order chi connectivity index (χ0) is 11.8. The fourth-order valence-electron chi connectivity index (χ4n) is 1.92. The van der Waals surface area contributed by atoms with Crippen LogP contribution in [0.2, 0.25) is 0 Å². The number of aromatic amines is 1. The lowest BCUT2D eigenvalue weighted by Gasteiger charge is -1.94. The molecule has 3 aromatic heterocycles. The minimum Gasteiger partial charge on any atom is -0.442 e. The van der Waals surface area contributed by atoms with Crippen LogP contribution in [0.1, 0.15) is 11.4 Å². The molecular weight excluding hydrogens is 218 g/mol. The molecular formula is C11H13N5O. The molecule has 0 bridgehead atoms. The first-order chi connectivity index (χ1) is 8.29. The van der Waals surface area contributed by atoms with Crippen LogP contribution in [0.5, 0.6) is 0 Å². The van der Waals surface area contributed by atoms with E-state index in [1.807, 2.05) is 23.7 Å². The lowest BCUT2D eigenvalue weighted by Crippen LogP contribution is -2.04. The van der Waals surface area contributed by atoms with Crippen molar-refractivity contribution < 1.29 is 4.42 Å². The monoisotopic (exact) mass is 231 g/mol. The van der Waals surface area contributed by atoms with Gasteiger partial charge in [-0.2, -0.15) is 0 Å². The topological polar surface area (TPSA) is 85.1 Å². The molecule has 0 saturated carbocycles. The van der Waals surface area contributed by atoms with E-state index in [-0.39, 0.29) is 0 Å². The molecule has 3 aromatic rings. The highest BCUT2D eigenvalue weighted by Gasteiger charge is 2.12. The Morgan fingerprint density at radius 2 is 2.35 bits per heavy atom. The molecule has 6 heteroatoms. The molecule has 17 heavy (non-hydrogen) atoms. The average molecular weight is 231 g/mol. The van der Waals surface area contributed by atoms with Crippen molar-refractivity contribution in [3.05, 3.63) is 30.2 Å². The van der Waals surface area contributed by atoms with E-state index in [0.717, 1.165) is 35.0 Å². The number of imidazole rings is 2. The van der Waals surface area contributed by atoms with Crippen molar-refractivity contribution in [3.63, 3.8) is 0 Å². The van der Waals surface area contributed by atoms with Gasteiger partial charge in [0.05, 0.1) is 11.9 Å². The lowest BCUT2D eigenvalue weighted by atomic mass is 10.3. The molecule has 88 valence electrons. The summed E-state index contributed by atoms with van der Waals surface area (Å²) in [4.78, 5) is 11.6. The third-order valence-corrected chi connectivity index (χ3v) is 2.77. The number of rotatable bonds is 3. The van der Waals surface area contributed by atoms with E-state index >= 15 is 0 Å². The van der Waals surface area contributed by atoms with Crippen molar-refractivity contribution >= 4 is 5.78 Å². The molecule has 0 unspecified atom stereocenters. The quantitative estimate of drug-likeness (QED) is 0.707. The molecule has 0 fully saturated rings. The Kier molecular flexibility index (Phi) is 2.22. The average Bonchev–Trinajstić information content (AvgIpc) is 2.95. The summed E-state index contributed by atoms with van der Waals surface area (Å²) in [6.45, 7) is 2.51. The Bertz CT molecular complexity index is 648. The van der Waals surface area contributed by atoms with Gasteiger partial charge in [-0.05, 0) is 13.5 Å². The summed E-state index contributed by atoms with van der Waals surface area (Å²) in [5, 5.41) is 0. The summed E-state index contributed by atoms with van der Waals surface area (Å²) in [5.74, 6) is 1.54. The maximum atomic E-state index is 5.56. The van der Waals surface area contributed by atoms with Crippen LogP contribution in [0, 0.1) is 6.92 Å². The first-order valence-corrected chi connectivity index (χ1v) is 5.45. The van der Waals surface area contributed by atoms with Gasteiger partial charge < -0.3 is 15.1 Å². The van der Waals surface area contributed by atoms with Gasteiger partial charge in [-0.15, -0.1) is 0 Å². The van der Waals surface area contributed by atoms with E-state index in [2.05, 4.69) is 15.0 Å². The van der Waals surface area contributed by atoms with Crippen LogP contribution in [0.25, 0.3) is 17.2 Å². The molecule has 0 saturated heterocycles. The fraction of sp³-hybridized carbons (Fsp3) is 0.273. The molecule has 0 aliphatic carbocycles. The van der Waals surface area contributed by atoms with Gasteiger partial charge >= 0.3 is 0 Å². The number of nitrogens with two attached hydrogens (primary N) is 1. The third-order valence-electron chi connectivity index (χ3n) is 2.77. The second-order valence-corrected chi connectivity index (χ2v) is 3.92. The largest absolute Gasteiger partial charge is 0.442 e.